The SMILES string of the molecule is CC(Cc1csc2ccccc12)NC(=O)c1ccc(C(F)(F)F)nc1. The molecule has 0 aliphatic heterocycles. The Hall–Kier alpha value is -2.41. The van der Waals surface area contributed by atoms with Crippen LogP contribution in [0.25, 0.3) is 10.1 Å². The summed E-state index contributed by atoms with van der Waals surface area (Å²) in [4.78, 5) is 15.5. The Kier molecular flexibility index (Phi) is 4.76. The van der Waals surface area contributed by atoms with Crippen molar-refractivity contribution in [2.75, 3.05) is 0 Å². The fourth-order valence-corrected chi connectivity index (χ4v) is 3.55. The molecule has 3 nitrogen and oxygen atoms in total. The Bertz CT molecular complexity index is 887. The van der Waals surface area contributed by atoms with Gasteiger partial charge in [-0.05, 0) is 47.9 Å². The van der Waals surface area contributed by atoms with Gasteiger partial charge in [0.1, 0.15) is 5.69 Å². The minimum atomic E-state index is -4.51. The maximum atomic E-state index is 12.5. The van der Waals surface area contributed by atoms with E-state index in [0.717, 1.165) is 29.3 Å². The Morgan fingerprint density at radius 3 is 2.68 bits per heavy atom. The first-order valence-corrected chi connectivity index (χ1v) is 8.52. The van der Waals surface area contributed by atoms with Crippen LogP contribution < -0.4 is 5.32 Å². The lowest BCUT2D eigenvalue weighted by molar-refractivity contribution is -0.141. The number of alkyl halides is 3. The van der Waals surface area contributed by atoms with Crippen LogP contribution in [0.4, 0.5) is 13.2 Å². The fourth-order valence-electron chi connectivity index (χ4n) is 2.57. The molecule has 0 spiro atoms. The largest absolute Gasteiger partial charge is 0.433 e. The smallest absolute Gasteiger partial charge is 0.349 e. The second-order valence-electron chi connectivity index (χ2n) is 5.77. The molecule has 3 rings (SSSR count). The molecule has 0 aliphatic rings. The second-order valence-corrected chi connectivity index (χ2v) is 6.68. The minimum Gasteiger partial charge on any atom is -0.349 e. The topological polar surface area (TPSA) is 42.0 Å². The molecule has 2 aromatic heterocycles. The molecular weight excluding hydrogens is 349 g/mol. The number of carbonyl (C=O) groups excluding carboxylic acids is 1. The van der Waals surface area contributed by atoms with Crippen molar-refractivity contribution in [2.45, 2.75) is 25.6 Å². The highest BCUT2D eigenvalue weighted by atomic mass is 32.1. The Labute approximate surface area is 146 Å². The predicted molar refractivity (Wildman–Crippen MR) is 91.7 cm³/mol. The Balaban J connectivity index is 1.66. The number of hydrogen-bond acceptors (Lipinski definition) is 3. The molecule has 2 heterocycles. The van der Waals surface area contributed by atoms with Crippen LogP contribution in [0, 0.1) is 0 Å². The lowest BCUT2D eigenvalue weighted by atomic mass is 10.1. The van der Waals surface area contributed by atoms with Crippen LogP contribution in [0.1, 0.15) is 28.5 Å². The van der Waals surface area contributed by atoms with E-state index in [0.29, 0.717) is 6.42 Å². The molecule has 0 saturated heterocycles. The van der Waals surface area contributed by atoms with Gasteiger partial charge in [0, 0.05) is 16.9 Å². The van der Waals surface area contributed by atoms with Crippen LogP contribution in [0.3, 0.4) is 0 Å². The van der Waals surface area contributed by atoms with E-state index in [2.05, 4.69) is 15.7 Å². The summed E-state index contributed by atoms with van der Waals surface area (Å²) >= 11 is 1.65. The van der Waals surface area contributed by atoms with Gasteiger partial charge in [0.15, 0.2) is 0 Å². The summed E-state index contributed by atoms with van der Waals surface area (Å²) in [6, 6.07) is 9.81. The Morgan fingerprint density at radius 2 is 2.00 bits per heavy atom. The van der Waals surface area contributed by atoms with E-state index in [4.69, 9.17) is 0 Å². The first-order chi connectivity index (χ1) is 11.8. The maximum Gasteiger partial charge on any atom is 0.433 e. The van der Waals surface area contributed by atoms with E-state index in [1.807, 2.05) is 31.2 Å². The minimum absolute atomic E-state index is 0.107. The number of pyridine rings is 1. The number of nitrogens with one attached hydrogen (secondary N) is 1. The molecule has 3 aromatic rings. The van der Waals surface area contributed by atoms with Crippen molar-refractivity contribution in [1.82, 2.24) is 10.3 Å². The van der Waals surface area contributed by atoms with Crippen molar-refractivity contribution in [3.8, 4) is 0 Å². The third-order valence-corrected chi connectivity index (χ3v) is 4.79. The molecule has 1 atom stereocenters. The molecule has 0 saturated carbocycles. The van der Waals surface area contributed by atoms with E-state index >= 15 is 0 Å². The third-order valence-electron chi connectivity index (χ3n) is 3.78. The Morgan fingerprint density at radius 1 is 1.24 bits per heavy atom. The average molecular weight is 364 g/mol. The van der Waals surface area contributed by atoms with Gasteiger partial charge in [0.25, 0.3) is 5.91 Å². The van der Waals surface area contributed by atoms with Crippen LogP contribution in [-0.2, 0) is 12.6 Å². The lowest BCUT2D eigenvalue weighted by Gasteiger charge is -2.14. The van der Waals surface area contributed by atoms with Gasteiger partial charge in [-0.15, -0.1) is 11.3 Å². The summed E-state index contributed by atoms with van der Waals surface area (Å²) in [5.74, 6) is -0.437. The van der Waals surface area contributed by atoms with Crippen molar-refractivity contribution in [2.24, 2.45) is 0 Å². The van der Waals surface area contributed by atoms with Gasteiger partial charge < -0.3 is 5.32 Å². The van der Waals surface area contributed by atoms with Crippen molar-refractivity contribution < 1.29 is 18.0 Å². The molecule has 0 radical (unpaired) electrons. The maximum absolute atomic E-state index is 12.5. The average Bonchev–Trinajstić information content (AvgIpc) is 2.97. The van der Waals surface area contributed by atoms with Gasteiger partial charge >= 0.3 is 6.18 Å². The van der Waals surface area contributed by atoms with Gasteiger partial charge in [-0.25, -0.2) is 0 Å². The van der Waals surface area contributed by atoms with Crippen LogP contribution in [0.5, 0.6) is 0 Å². The molecule has 1 aromatic carbocycles. The molecular formula is C18H15F3N2OS. The molecule has 1 unspecified atom stereocenters. The first-order valence-electron chi connectivity index (χ1n) is 7.64. The number of fused-ring (bicyclic) bond motifs is 1. The van der Waals surface area contributed by atoms with Gasteiger partial charge in [0.2, 0.25) is 0 Å². The number of nitrogens with zero attached hydrogens (tertiary/aromatic N) is 1. The highest BCUT2D eigenvalue weighted by Crippen LogP contribution is 2.28. The number of aromatic nitrogens is 1. The van der Waals surface area contributed by atoms with Crippen LogP contribution in [0.2, 0.25) is 0 Å². The number of benzene rings is 1. The molecule has 1 amide bonds. The fraction of sp³-hybridized carbons (Fsp3) is 0.222. The summed E-state index contributed by atoms with van der Waals surface area (Å²) in [7, 11) is 0. The quantitative estimate of drug-likeness (QED) is 0.731. The highest BCUT2D eigenvalue weighted by molar-refractivity contribution is 7.17. The molecule has 0 bridgehead atoms. The van der Waals surface area contributed by atoms with Crippen molar-refractivity contribution >= 4 is 27.3 Å². The summed E-state index contributed by atoms with van der Waals surface area (Å²) in [5, 5.41) is 6.02. The van der Waals surface area contributed by atoms with Crippen molar-refractivity contribution in [3.63, 3.8) is 0 Å². The van der Waals surface area contributed by atoms with Crippen LogP contribution in [-0.4, -0.2) is 16.9 Å². The molecule has 7 heteroatoms. The summed E-state index contributed by atoms with van der Waals surface area (Å²) in [5.41, 5.74) is 0.232. The summed E-state index contributed by atoms with van der Waals surface area (Å²) in [6.45, 7) is 1.86. The normalized spacial score (nSPS) is 13.0. The number of amides is 1. The van der Waals surface area contributed by atoms with Crippen molar-refractivity contribution in [1.29, 1.82) is 0 Å². The highest BCUT2D eigenvalue weighted by Gasteiger charge is 2.32. The molecule has 1 N–H and O–H groups in total. The standard InChI is InChI=1S/C18H15F3N2OS/c1-11(8-13-10-25-15-5-3-2-4-14(13)15)23-17(24)12-6-7-16(22-9-12)18(19,20)21/h2-7,9-11H,8H2,1H3,(H,23,24). The zero-order valence-corrected chi connectivity index (χ0v) is 14.1. The van der Waals surface area contributed by atoms with E-state index in [1.54, 1.807) is 11.3 Å². The van der Waals surface area contributed by atoms with Gasteiger partial charge in [-0.1, -0.05) is 18.2 Å². The lowest BCUT2D eigenvalue weighted by Crippen LogP contribution is -2.34. The van der Waals surface area contributed by atoms with Gasteiger partial charge in [0.05, 0.1) is 5.56 Å². The van der Waals surface area contributed by atoms with E-state index in [1.165, 1.54) is 4.70 Å². The number of halogens is 3. The van der Waals surface area contributed by atoms with Gasteiger partial charge in [-0.2, -0.15) is 13.2 Å². The molecule has 0 fully saturated rings. The molecule has 130 valence electrons. The van der Waals surface area contributed by atoms with Crippen LogP contribution in [0.15, 0.2) is 48.0 Å². The van der Waals surface area contributed by atoms with E-state index < -0.39 is 17.8 Å². The molecule has 25 heavy (non-hydrogen) atoms. The number of hydrogen-bond donors (Lipinski definition) is 1. The summed E-state index contributed by atoms with van der Waals surface area (Å²) < 4.78 is 38.7. The second kappa shape index (κ2) is 6.84. The van der Waals surface area contributed by atoms with Gasteiger partial charge in [-0.3, -0.25) is 9.78 Å². The zero-order valence-electron chi connectivity index (χ0n) is 13.3. The van der Waals surface area contributed by atoms with Crippen molar-refractivity contribution in [3.05, 3.63) is 64.8 Å². The predicted octanol–water partition coefficient (Wildman–Crippen LogP) is 4.68. The van der Waals surface area contributed by atoms with E-state index in [9.17, 15) is 18.0 Å². The zero-order chi connectivity index (χ0) is 18.0. The number of thiophene rings is 1. The monoisotopic (exact) mass is 364 g/mol. The van der Waals surface area contributed by atoms with E-state index in [-0.39, 0.29) is 11.6 Å². The first kappa shape index (κ1) is 17.4. The van der Waals surface area contributed by atoms with Crippen LogP contribution >= 0.6 is 11.3 Å². The third kappa shape index (κ3) is 3.99. The molecule has 0 aliphatic carbocycles. The number of carbonyl (C=O) groups is 1. The number of rotatable bonds is 4. The summed E-state index contributed by atoms with van der Waals surface area (Å²) in [6.07, 6.45) is -2.92.